The molecule has 2 saturated heterocycles. The number of aliphatic hydroxyl groups is 1. The van der Waals surface area contributed by atoms with E-state index in [0.29, 0.717) is 6.04 Å². The van der Waals surface area contributed by atoms with Crippen LogP contribution in [0, 0.1) is 0 Å². The topological polar surface area (TPSA) is 47.5 Å². The molecule has 88 valence electrons. The quantitative estimate of drug-likeness (QED) is 0.586. The Labute approximate surface area is 92.0 Å². The minimum absolute atomic E-state index is 0.456. The van der Waals surface area contributed by atoms with Gasteiger partial charge in [0.15, 0.2) is 0 Å². The number of rotatable bonds is 3. The number of piperidine rings is 1. The molecule has 0 aliphatic carbocycles. The Morgan fingerprint density at radius 1 is 1.27 bits per heavy atom. The van der Waals surface area contributed by atoms with Crippen molar-refractivity contribution in [1.82, 2.24) is 15.5 Å². The van der Waals surface area contributed by atoms with Crippen molar-refractivity contribution in [2.75, 3.05) is 39.8 Å². The SMILES string of the molecule is CN(CC1(O)CCNCC1)C1CCNC1. The molecule has 2 aliphatic heterocycles. The monoisotopic (exact) mass is 213 g/mol. The van der Waals surface area contributed by atoms with E-state index in [1.165, 1.54) is 6.42 Å². The second kappa shape index (κ2) is 4.78. The van der Waals surface area contributed by atoms with Gasteiger partial charge in [-0.15, -0.1) is 0 Å². The molecule has 4 nitrogen and oxygen atoms in total. The second-order valence-electron chi connectivity index (χ2n) is 5.04. The summed E-state index contributed by atoms with van der Waals surface area (Å²) in [7, 11) is 2.14. The summed E-state index contributed by atoms with van der Waals surface area (Å²) in [5, 5.41) is 17.1. The van der Waals surface area contributed by atoms with Gasteiger partial charge >= 0.3 is 0 Å². The van der Waals surface area contributed by atoms with Gasteiger partial charge < -0.3 is 15.7 Å². The maximum absolute atomic E-state index is 10.4. The molecule has 2 fully saturated rings. The number of nitrogens with one attached hydrogen (secondary N) is 2. The highest BCUT2D eigenvalue weighted by molar-refractivity contribution is 4.89. The molecule has 0 radical (unpaired) electrons. The van der Waals surface area contributed by atoms with Crippen LogP contribution in [0.1, 0.15) is 19.3 Å². The predicted molar refractivity (Wildman–Crippen MR) is 61.0 cm³/mol. The third-order valence-electron chi connectivity index (χ3n) is 3.74. The highest BCUT2D eigenvalue weighted by atomic mass is 16.3. The van der Waals surface area contributed by atoms with Gasteiger partial charge in [-0.3, -0.25) is 4.90 Å². The van der Waals surface area contributed by atoms with Crippen LogP contribution in [0.15, 0.2) is 0 Å². The molecule has 1 unspecified atom stereocenters. The number of likely N-dealkylation sites (N-methyl/N-ethyl adjacent to an activating group) is 1. The second-order valence-corrected chi connectivity index (χ2v) is 5.04. The first kappa shape index (κ1) is 11.3. The van der Waals surface area contributed by atoms with Crippen LogP contribution in [0.3, 0.4) is 0 Å². The number of nitrogens with zero attached hydrogens (tertiary/aromatic N) is 1. The molecule has 1 atom stereocenters. The molecule has 0 bridgehead atoms. The zero-order valence-electron chi connectivity index (χ0n) is 9.63. The zero-order chi connectivity index (χ0) is 10.7. The molecular formula is C11H23N3O. The fourth-order valence-corrected chi connectivity index (χ4v) is 2.66. The van der Waals surface area contributed by atoms with E-state index in [1.54, 1.807) is 0 Å². The predicted octanol–water partition coefficient (Wildman–Crippen LogP) is -0.605. The minimum Gasteiger partial charge on any atom is -0.388 e. The Morgan fingerprint density at radius 2 is 2.00 bits per heavy atom. The van der Waals surface area contributed by atoms with E-state index in [4.69, 9.17) is 0 Å². The lowest BCUT2D eigenvalue weighted by molar-refractivity contribution is -0.0223. The number of hydrogen-bond donors (Lipinski definition) is 3. The number of hydrogen-bond acceptors (Lipinski definition) is 4. The summed E-state index contributed by atoms with van der Waals surface area (Å²) in [5.74, 6) is 0. The van der Waals surface area contributed by atoms with Crippen molar-refractivity contribution in [3.05, 3.63) is 0 Å². The van der Waals surface area contributed by atoms with E-state index >= 15 is 0 Å². The molecule has 2 aliphatic rings. The largest absolute Gasteiger partial charge is 0.388 e. The fraction of sp³-hybridized carbons (Fsp3) is 1.00. The van der Waals surface area contributed by atoms with Crippen LogP contribution in [0.2, 0.25) is 0 Å². The first-order chi connectivity index (χ1) is 7.20. The molecular weight excluding hydrogens is 190 g/mol. The molecule has 3 N–H and O–H groups in total. The van der Waals surface area contributed by atoms with Crippen LogP contribution in [-0.4, -0.2) is 61.4 Å². The Morgan fingerprint density at radius 3 is 2.60 bits per heavy atom. The van der Waals surface area contributed by atoms with Crippen molar-refractivity contribution in [3.8, 4) is 0 Å². The van der Waals surface area contributed by atoms with Crippen molar-refractivity contribution in [2.24, 2.45) is 0 Å². The first-order valence-electron chi connectivity index (χ1n) is 6.04. The summed E-state index contributed by atoms with van der Waals surface area (Å²) in [6, 6.07) is 0.615. The van der Waals surface area contributed by atoms with Crippen molar-refractivity contribution >= 4 is 0 Å². The van der Waals surface area contributed by atoms with Crippen LogP contribution in [-0.2, 0) is 0 Å². The molecule has 0 saturated carbocycles. The van der Waals surface area contributed by atoms with Gasteiger partial charge in [0.1, 0.15) is 0 Å². The van der Waals surface area contributed by atoms with Crippen LogP contribution in [0.25, 0.3) is 0 Å². The first-order valence-corrected chi connectivity index (χ1v) is 6.04. The van der Waals surface area contributed by atoms with Crippen molar-refractivity contribution in [2.45, 2.75) is 30.9 Å². The average molecular weight is 213 g/mol. The zero-order valence-corrected chi connectivity index (χ0v) is 9.63. The smallest absolute Gasteiger partial charge is 0.0798 e. The molecule has 0 spiro atoms. The van der Waals surface area contributed by atoms with Crippen LogP contribution >= 0.6 is 0 Å². The Bertz CT molecular complexity index is 198. The fourth-order valence-electron chi connectivity index (χ4n) is 2.66. The summed E-state index contributed by atoms with van der Waals surface area (Å²) < 4.78 is 0. The normalized spacial score (nSPS) is 31.0. The van der Waals surface area contributed by atoms with E-state index in [1.807, 2.05) is 0 Å². The van der Waals surface area contributed by atoms with Crippen LogP contribution in [0.5, 0.6) is 0 Å². The van der Waals surface area contributed by atoms with E-state index in [9.17, 15) is 5.11 Å². The Hall–Kier alpha value is -0.160. The van der Waals surface area contributed by atoms with Crippen LogP contribution < -0.4 is 10.6 Å². The summed E-state index contributed by atoms with van der Waals surface area (Å²) in [5.41, 5.74) is -0.456. The van der Waals surface area contributed by atoms with Gasteiger partial charge in [0.25, 0.3) is 0 Å². The molecule has 15 heavy (non-hydrogen) atoms. The van der Waals surface area contributed by atoms with Crippen molar-refractivity contribution in [3.63, 3.8) is 0 Å². The van der Waals surface area contributed by atoms with E-state index < -0.39 is 5.60 Å². The van der Waals surface area contributed by atoms with Gasteiger partial charge in [-0.05, 0) is 45.9 Å². The Kier molecular flexibility index (Phi) is 3.61. The van der Waals surface area contributed by atoms with Crippen molar-refractivity contribution in [1.29, 1.82) is 0 Å². The van der Waals surface area contributed by atoms with Gasteiger partial charge in [0.2, 0.25) is 0 Å². The summed E-state index contributed by atoms with van der Waals surface area (Å²) in [6.07, 6.45) is 2.99. The van der Waals surface area contributed by atoms with Crippen molar-refractivity contribution < 1.29 is 5.11 Å². The maximum atomic E-state index is 10.4. The molecule has 2 heterocycles. The van der Waals surface area contributed by atoms with Crippen LogP contribution in [0.4, 0.5) is 0 Å². The lowest BCUT2D eigenvalue weighted by Gasteiger charge is -2.37. The third-order valence-corrected chi connectivity index (χ3v) is 3.74. The maximum Gasteiger partial charge on any atom is 0.0798 e. The van der Waals surface area contributed by atoms with E-state index in [-0.39, 0.29) is 0 Å². The molecule has 0 aromatic rings. The Balaban J connectivity index is 1.83. The minimum atomic E-state index is -0.456. The summed E-state index contributed by atoms with van der Waals surface area (Å²) >= 11 is 0. The van der Waals surface area contributed by atoms with Gasteiger partial charge in [0, 0.05) is 19.1 Å². The average Bonchev–Trinajstić information content (AvgIpc) is 2.70. The highest BCUT2D eigenvalue weighted by Gasteiger charge is 2.32. The highest BCUT2D eigenvalue weighted by Crippen LogP contribution is 2.20. The van der Waals surface area contributed by atoms with Gasteiger partial charge in [-0.1, -0.05) is 0 Å². The van der Waals surface area contributed by atoms with E-state index in [2.05, 4.69) is 22.6 Å². The molecule has 0 aromatic heterocycles. The molecule has 0 aromatic carbocycles. The summed E-state index contributed by atoms with van der Waals surface area (Å²) in [4.78, 5) is 2.32. The molecule has 2 rings (SSSR count). The third kappa shape index (κ3) is 2.91. The summed E-state index contributed by atoms with van der Waals surface area (Å²) in [6.45, 7) is 4.92. The van der Waals surface area contributed by atoms with Gasteiger partial charge in [0.05, 0.1) is 5.60 Å². The molecule has 0 amide bonds. The van der Waals surface area contributed by atoms with E-state index in [0.717, 1.165) is 45.6 Å². The lowest BCUT2D eigenvalue weighted by atomic mass is 9.91. The molecule has 4 heteroatoms. The van der Waals surface area contributed by atoms with Gasteiger partial charge in [-0.25, -0.2) is 0 Å². The van der Waals surface area contributed by atoms with Gasteiger partial charge in [-0.2, -0.15) is 0 Å². The standard InChI is InChI=1S/C11H23N3O/c1-14(10-2-5-13-8-10)9-11(15)3-6-12-7-4-11/h10,12-13,15H,2-9H2,1H3. The lowest BCUT2D eigenvalue weighted by Crippen LogP contribution is -2.51.